The van der Waals surface area contributed by atoms with Gasteiger partial charge in [0, 0.05) is 58.4 Å². The summed E-state index contributed by atoms with van der Waals surface area (Å²) >= 11 is 0. The number of aromatic nitrogens is 2. The molecule has 5 aromatic rings. The lowest BCUT2D eigenvalue weighted by atomic mass is 9.56. The molecule has 0 amide bonds. The smallest absolute Gasteiger partial charge is 0.333 e. The van der Waals surface area contributed by atoms with E-state index in [1.807, 2.05) is 53.2 Å². The van der Waals surface area contributed by atoms with Crippen molar-refractivity contribution in [3.63, 3.8) is 0 Å². The normalized spacial score (nSPS) is 35.2. The van der Waals surface area contributed by atoms with Crippen molar-refractivity contribution in [2.24, 2.45) is 34.6 Å². The number of carbonyl (C=O) groups is 2. The summed E-state index contributed by atoms with van der Waals surface area (Å²) in [5.74, 6) is 5.59. The van der Waals surface area contributed by atoms with E-state index in [0.29, 0.717) is 57.8 Å². The number of fused-ring (bicyclic) bond motifs is 10. The number of aliphatic carboxylic acids is 1. The molecule has 20 nitrogen and oxygen atoms in total. The van der Waals surface area contributed by atoms with Crippen molar-refractivity contribution in [1.29, 1.82) is 0 Å². The molecule has 3 fully saturated rings. The third-order valence-electron chi connectivity index (χ3n) is 17.6. The fraction of sp³-hybridized carbons (Fsp3) is 0.464. The first-order valence-electron chi connectivity index (χ1n) is 25.7. The summed E-state index contributed by atoms with van der Waals surface area (Å²) in [6.07, 6.45) is -8.72. The number of nitrogens with one attached hydrogen (secondary N) is 1. The number of aliphatic hydroxyl groups is 6. The Morgan fingerprint density at radius 1 is 0.921 bits per heavy atom. The SMILES string of the molecule is NC(N)[C@@H]1OC(=O)[C@@H](C(=O)O)C#C[C@@H]2CC[C@H]3c4c(cc5c(c4Cn4cc6cc[nH]c6c4CO)[C@@H]4Oc6c7ccc(OCO)c6OC[C@@H](O)C#C[C@@H](c6ccccc6)[C@H](O5)[C@@H]74)O[C@@H]4O[C@H]1[C@@H](O)[C@H](O)[C@]4(O)[C@@]31CC[C@@H]2C1. The van der Waals surface area contributed by atoms with Crippen LogP contribution in [0.15, 0.2) is 67.0 Å². The zero-order chi connectivity index (χ0) is 52.5. The first-order chi connectivity index (χ1) is 36.7. The largest absolute Gasteiger partial charge is 0.487 e. The van der Waals surface area contributed by atoms with Crippen molar-refractivity contribution < 1.29 is 78.5 Å². The van der Waals surface area contributed by atoms with Crippen LogP contribution in [0.4, 0.5) is 0 Å². The minimum absolute atomic E-state index is 0.0674. The van der Waals surface area contributed by atoms with Crippen LogP contribution in [0.25, 0.3) is 10.9 Å². The van der Waals surface area contributed by atoms with Gasteiger partial charge in [-0.1, -0.05) is 60.1 Å². The summed E-state index contributed by atoms with van der Waals surface area (Å²) in [4.78, 5) is 29.7. The van der Waals surface area contributed by atoms with Gasteiger partial charge in [0.2, 0.25) is 18.0 Å². The molecule has 1 saturated heterocycles. The number of carboxylic acid groups (broad SMARTS) is 1. The molecule has 3 aromatic carbocycles. The molecule has 2 aliphatic carbocycles. The highest BCUT2D eigenvalue weighted by atomic mass is 16.7. The summed E-state index contributed by atoms with van der Waals surface area (Å²) in [5, 5.41) is 82.6. The highest BCUT2D eigenvalue weighted by Crippen LogP contribution is 2.70. The van der Waals surface area contributed by atoms with E-state index in [9.17, 15) is 45.3 Å². The molecule has 0 unspecified atom stereocenters. The van der Waals surface area contributed by atoms with E-state index in [2.05, 4.69) is 28.7 Å². The molecule has 7 aliphatic heterocycles. The van der Waals surface area contributed by atoms with E-state index in [4.69, 9.17) is 44.6 Å². The Hall–Kier alpha value is -6.82. The molecule has 76 heavy (non-hydrogen) atoms. The Kier molecular flexibility index (Phi) is 11.7. The molecule has 2 aromatic heterocycles. The molecule has 9 aliphatic rings. The highest BCUT2D eigenvalue weighted by molar-refractivity contribution is 5.97. The number of carbonyl (C=O) groups excluding carboxylic acids is 1. The molecule has 14 rings (SSSR count). The van der Waals surface area contributed by atoms with Gasteiger partial charge in [-0.25, -0.2) is 0 Å². The Bertz CT molecular complexity index is 3300. The maximum atomic E-state index is 13.9. The van der Waals surface area contributed by atoms with Crippen LogP contribution in [0.3, 0.4) is 0 Å². The van der Waals surface area contributed by atoms with Gasteiger partial charge in [0.25, 0.3) is 0 Å². The lowest BCUT2D eigenvalue weighted by Gasteiger charge is -2.57. The van der Waals surface area contributed by atoms with Gasteiger partial charge < -0.3 is 89.9 Å². The number of ether oxygens (including phenoxy) is 7. The van der Waals surface area contributed by atoms with Gasteiger partial charge in [0.05, 0.1) is 35.8 Å². The zero-order valence-corrected chi connectivity index (χ0v) is 40.8. The fourth-order valence-electron chi connectivity index (χ4n) is 14.3. The van der Waals surface area contributed by atoms with Gasteiger partial charge in [-0.05, 0) is 67.2 Å². The number of esters is 1. The van der Waals surface area contributed by atoms with Crippen LogP contribution in [0.1, 0.15) is 89.5 Å². The van der Waals surface area contributed by atoms with Gasteiger partial charge in [0.1, 0.15) is 54.7 Å². The molecule has 396 valence electrons. The lowest BCUT2D eigenvalue weighted by molar-refractivity contribution is -0.358. The molecule has 0 radical (unpaired) electrons. The average molecular weight is 1040 g/mol. The van der Waals surface area contributed by atoms with Gasteiger partial charge >= 0.3 is 11.9 Å². The van der Waals surface area contributed by atoms with Crippen molar-refractivity contribution in [3.8, 4) is 52.4 Å². The predicted molar refractivity (Wildman–Crippen MR) is 263 cm³/mol. The average Bonchev–Trinajstić information content (AvgIpc) is 4.23. The van der Waals surface area contributed by atoms with E-state index in [1.165, 1.54) is 0 Å². The number of nitrogens with two attached hydrogens (primary N) is 2. The van der Waals surface area contributed by atoms with Crippen LogP contribution in [0, 0.1) is 46.9 Å². The molecule has 10 bridgehead atoms. The number of carboxylic acids is 1. The van der Waals surface area contributed by atoms with Crippen molar-refractivity contribution in [2.45, 2.75) is 124 Å². The standard InChI is InChI=1S/C56H56N4O16/c57-51(58)49-48-43(64)50(65)56(69)54(76-48)73-37-18-38-40(47-41-31-11-13-36(71-24-62)46(45(31)74-47)70-23-29(63)8-10-30(44(41)72-38)26-4-2-1-3-5-26)33(21-60-20-28-15-17-59-42(28)35(60)22-61)39(37)34-12-7-25(27-14-16-55(34,56)19-27)6-9-32(52(66)67)53(68)75-49/h1-5,11,13,15,17-18,20,25,27,29-30,32,34,41,43-44,47-51,54,59,61-65,69H,7,12,14,16,19,21-24,57-58H2,(H,66,67)/t25-,27-,29+,30+,32-,34+,41-,43-,44+,47+,48+,49-,50+,54-,55-,56-/m1/s1. The molecule has 12 N–H and O–H groups in total. The van der Waals surface area contributed by atoms with Crippen molar-refractivity contribution in [3.05, 3.63) is 101 Å². The number of H-pyrrole nitrogens is 1. The van der Waals surface area contributed by atoms with Crippen LogP contribution >= 0.6 is 0 Å². The van der Waals surface area contributed by atoms with E-state index in [0.717, 1.165) is 10.9 Å². The van der Waals surface area contributed by atoms with Crippen molar-refractivity contribution in [2.75, 3.05) is 13.4 Å². The molecular weight excluding hydrogens is 985 g/mol. The first kappa shape index (κ1) is 48.8. The Morgan fingerprint density at radius 3 is 2.51 bits per heavy atom. The number of hydrogen-bond acceptors (Lipinski definition) is 17. The molecule has 16 atom stereocenters. The lowest BCUT2D eigenvalue weighted by Crippen LogP contribution is -2.76. The predicted octanol–water partition coefficient (Wildman–Crippen LogP) is 2.08. The Balaban J connectivity index is 1.10. The van der Waals surface area contributed by atoms with Gasteiger partial charge in [-0.15, -0.1) is 0 Å². The second-order valence-electron chi connectivity index (χ2n) is 21.3. The maximum Gasteiger partial charge on any atom is 0.333 e. The van der Waals surface area contributed by atoms with Crippen LogP contribution < -0.4 is 35.2 Å². The quantitative estimate of drug-likeness (QED) is 0.0460. The summed E-state index contributed by atoms with van der Waals surface area (Å²) < 4.78 is 48.1. The highest BCUT2D eigenvalue weighted by Gasteiger charge is 2.73. The molecule has 1 spiro atoms. The van der Waals surface area contributed by atoms with E-state index < -0.39 is 115 Å². The summed E-state index contributed by atoms with van der Waals surface area (Å²) in [6.45, 7) is -1.24. The number of aromatic amines is 1. The monoisotopic (exact) mass is 1040 g/mol. The fourth-order valence-corrected chi connectivity index (χ4v) is 14.3. The molecular formula is C56H56N4O16. The molecule has 9 heterocycles. The number of rotatable bonds is 8. The minimum atomic E-state index is -2.40. The van der Waals surface area contributed by atoms with E-state index >= 15 is 0 Å². The van der Waals surface area contributed by atoms with Crippen LogP contribution in [0.2, 0.25) is 0 Å². The maximum absolute atomic E-state index is 13.9. The second-order valence-corrected chi connectivity index (χ2v) is 21.3. The number of nitrogens with zero attached hydrogens (tertiary/aromatic N) is 1. The first-order valence-corrected chi connectivity index (χ1v) is 25.7. The van der Waals surface area contributed by atoms with Crippen molar-refractivity contribution >= 4 is 22.8 Å². The zero-order valence-electron chi connectivity index (χ0n) is 40.8. The minimum Gasteiger partial charge on any atom is -0.487 e. The van der Waals surface area contributed by atoms with E-state index in [-0.39, 0.29) is 62.2 Å². The number of benzene rings is 3. The molecule has 20 heteroatoms. The van der Waals surface area contributed by atoms with Crippen LogP contribution in [-0.4, -0.2) is 125 Å². The summed E-state index contributed by atoms with van der Waals surface area (Å²) in [7, 11) is 0. The topological polar surface area (TPSA) is 313 Å². The Morgan fingerprint density at radius 2 is 1.74 bits per heavy atom. The van der Waals surface area contributed by atoms with Crippen LogP contribution in [-0.2, 0) is 32.2 Å². The van der Waals surface area contributed by atoms with Gasteiger partial charge in [-0.3, -0.25) is 9.59 Å². The van der Waals surface area contributed by atoms with Gasteiger partial charge in [0.15, 0.2) is 30.0 Å². The Labute approximate surface area is 434 Å². The molecule has 2 saturated carbocycles. The van der Waals surface area contributed by atoms with Gasteiger partial charge in [-0.2, -0.15) is 0 Å². The second kappa shape index (κ2) is 18.2. The number of aliphatic hydroxyl groups excluding tert-OH is 5. The summed E-state index contributed by atoms with van der Waals surface area (Å²) in [5.41, 5.74) is 13.3. The number of hydrogen-bond donors (Lipinski definition) is 10. The van der Waals surface area contributed by atoms with E-state index in [1.54, 1.807) is 18.3 Å². The third kappa shape index (κ3) is 7.13. The third-order valence-corrected chi connectivity index (χ3v) is 17.6. The van der Waals surface area contributed by atoms with Crippen LogP contribution in [0.5, 0.6) is 28.7 Å². The van der Waals surface area contributed by atoms with Crippen molar-refractivity contribution in [1.82, 2.24) is 9.55 Å². The summed E-state index contributed by atoms with van der Waals surface area (Å²) in [6, 6.07) is 16.7.